The summed E-state index contributed by atoms with van der Waals surface area (Å²) in [5.41, 5.74) is 0.817. The van der Waals surface area contributed by atoms with Crippen molar-refractivity contribution < 1.29 is 32.3 Å². The Hall–Kier alpha value is -3.89. The van der Waals surface area contributed by atoms with Crippen LogP contribution in [0.4, 0.5) is 30.6 Å². The van der Waals surface area contributed by atoms with Crippen molar-refractivity contribution in [3.05, 3.63) is 65.5 Å². The Balaban J connectivity index is 1.34. The van der Waals surface area contributed by atoms with Gasteiger partial charge in [0.25, 0.3) is 0 Å². The Labute approximate surface area is 192 Å². The van der Waals surface area contributed by atoms with Crippen LogP contribution in [0, 0.1) is 5.92 Å². The van der Waals surface area contributed by atoms with E-state index in [1.165, 1.54) is 12.1 Å². The summed E-state index contributed by atoms with van der Waals surface area (Å²) in [6.45, 7) is 0. The largest absolute Gasteiger partial charge is 0.481 e. The number of anilines is 3. The Bertz CT molecular complexity index is 1170. The number of rotatable bonds is 6. The van der Waals surface area contributed by atoms with Crippen LogP contribution < -0.4 is 10.6 Å². The van der Waals surface area contributed by atoms with Crippen LogP contribution >= 0.6 is 0 Å². The Morgan fingerprint density at radius 2 is 1.68 bits per heavy atom. The molecule has 2 aromatic carbocycles. The first-order valence-corrected chi connectivity index (χ1v) is 10.6. The normalized spacial score (nSPS) is 18.3. The standard InChI is InChI=1S/C23H21F3N4O4/c24-23(25,26)16-2-1-3-18(12-16)28-22-30-29-20(34-22)19(31)27-17-10-8-14(9-11-17)13-4-6-15(7-5-13)21(32)33/h1-3,8-13,15H,4-7H2,(H,27,31)(H,28,30)(H,32,33). The highest BCUT2D eigenvalue weighted by Gasteiger charge is 2.30. The smallest absolute Gasteiger partial charge is 0.416 e. The molecule has 0 unspecified atom stereocenters. The summed E-state index contributed by atoms with van der Waals surface area (Å²) in [7, 11) is 0. The number of carbonyl (C=O) groups excluding carboxylic acids is 1. The summed E-state index contributed by atoms with van der Waals surface area (Å²) < 4.78 is 43.8. The summed E-state index contributed by atoms with van der Waals surface area (Å²) >= 11 is 0. The number of carboxylic acid groups (broad SMARTS) is 1. The molecule has 0 aliphatic heterocycles. The highest BCUT2D eigenvalue weighted by Crippen LogP contribution is 2.36. The monoisotopic (exact) mass is 474 g/mol. The Kier molecular flexibility index (Phi) is 6.53. The maximum Gasteiger partial charge on any atom is 0.416 e. The molecular weight excluding hydrogens is 453 g/mol. The number of hydrogen-bond donors (Lipinski definition) is 3. The van der Waals surface area contributed by atoms with Gasteiger partial charge in [-0.1, -0.05) is 23.3 Å². The number of alkyl halides is 3. The van der Waals surface area contributed by atoms with E-state index >= 15 is 0 Å². The fourth-order valence-corrected chi connectivity index (χ4v) is 3.96. The van der Waals surface area contributed by atoms with Gasteiger partial charge < -0.3 is 20.2 Å². The number of amides is 1. The van der Waals surface area contributed by atoms with Crippen molar-refractivity contribution in [2.24, 2.45) is 5.92 Å². The molecule has 1 heterocycles. The Morgan fingerprint density at radius 1 is 0.971 bits per heavy atom. The topological polar surface area (TPSA) is 117 Å². The van der Waals surface area contributed by atoms with Crippen LogP contribution in [0.1, 0.15) is 53.4 Å². The number of carbonyl (C=O) groups is 2. The van der Waals surface area contributed by atoms with E-state index in [0.29, 0.717) is 18.5 Å². The lowest BCUT2D eigenvalue weighted by Gasteiger charge is -2.26. The first kappa shape index (κ1) is 23.3. The molecule has 1 aromatic heterocycles. The van der Waals surface area contributed by atoms with Gasteiger partial charge >= 0.3 is 30.0 Å². The van der Waals surface area contributed by atoms with Crippen molar-refractivity contribution in [2.45, 2.75) is 37.8 Å². The van der Waals surface area contributed by atoms with E-state index in [4.69, 9.17) is 9.52 Å². The van der Waals surface area contributed by atoms with Crippen molar-refractivity contribution in [1.29, 1.82) is 0 Å². The number of nitrogens with one attached hydrogen (secondary N) is 2. The molecule has 3 aromatic rings. The molecule has 1 fully saturated rings. The molecule has 1 amide bonds. The SMILES string of the molecule is O=C(Nc1ccc(C2CCC(C(=O)O)CC2)cc1)c1nnc(Nc2cccc(C(F)(F)F)c2)o1. The van der Waals surface area contributed by atoms with Gasteiger partial charge in [-0.3, -0.25) is 9.59 Å². The molecule has 0 saturated heterocycles. The van der Waals surface area contributed by atoms with E-state index in [1.54, 1.807) is 12.1 Å². The maximum atomic E-state index is 12.8. The second-order valence-corrected chi connectivity index (χ2v) is 8.08. The van der Waals surface area contributed by atoms with Crippen LogP contribution in [0.3, 0.4) is 0 Å². The zero-order valence-electron chi connectivity index (χ0n) is 17.8. The molecule has 0 bridgehead atoms. The summed E-state index contributed by atoms with van der Waals surface area (Å²) in [5.74, 6) is -1.77. The number of halogens is 3. The van der Waals surface area contributed by atoms with Gasteiger partial charge in [0.05, 0.1) is 11.5 Å². The summed E-state index contributed by atoms with van der Waals surface area (Å²) in [6, 6.07) is 11.5. The molecule has 4 rings (SSSR count). The molecule has 0 spiro atoms. The molecule has 0 atom stereocenters. The molecule has 3 N–H and O–H groups in total. The average Bonchev–Trinajstić information content (AvgIpc) is 3.28. The van der Waals surface area contributed by atoms with Gasteiger partial charge in [0.1, 0.15) is 0 Å². The van der Waals surface area contributed by atoms with Gasteiger partial charge in [0, 0.05) is 11.4 Å². The molecule has 34 heavy (non-hydrogen) atoms. The van der Waals surface area contributed by atoms with Crippen molar-refractivity contribution in [2.75, 3.05) is 10.6 Å². The van der Waals surface area contributed by atoms with E-state index in [0.717, 1.165) is 30.5 Å². The van der Waals surface area contributed by atoms with Crippen molar-refractivity contribution in [1.82, 2.24) is 10.2 Å². The third kappa shape index (κ3) is 5.53. The molecule has 1 aliphatic carbocycles. The van der Waals surface area contributed by atoms with Gasteiger partial charge in [-0.15, -0.1) is 5.10 Å². The predicted molar refractivity (Wildman–Crippen MR) is 116 cm³/mol. The second kappa shape index (κ2) is 9.54. The van der Waals surface area contributed by atoms with Crippen molar-refractivity contribution in [3.63, 3.8) is 0 Å². The zero-order valence-corrected chi connectivity index (χ0v) is 17.8. The van der Waals surface area contributed by atoms with E-state index in [9.17, 15) is 22.8 Å². The van der Waals surface area contributed by atoms with E-state index in [-0.39, 0.29) is 29.4 Å². The minimum atomic E-state index is -4.50. The van der Waals surface area contributed by atoms with Crippen LogP contribution in [-0.2, 0) is 11.0 Å². The van der Waals surface area contributed by atoms with Crippen LogP contribution in [0.5, 0.6) is 0 Å². The fraction of sp³-hybridized carbons (Fsp3) is 0.304. The van der Waals surface area contributed by atoms with Gasteiger partial charge in [-0.2, -0.15) is 13.2 Å². The molecule has 1 saturated carbocycles. The lowest BCUT2D eigenvalue weighted by molar-refractivity contribution is -0.143. The third-order valence-electron chi connectivity index (χ3n) is 5.78. The molecule has 11 heteroatoms. The lowest BCUT2D eigenvalue weighted by atomic mass is 9.79. The van der Waals surface area contributed by atoms with E-state index in [2.05, 4.69) is 20.8 Å². The maximum absolute atomic E-state index is 12.8. The van der Waals surface area contributed by atoms with Crippen LogP contribution in [0.15, 0.2) is 52.9 Å². The number of hydrogen-bond acceptors (Lipinski definition) is 6. The minimum absolute atomic E-state index is 0.0819. The predicted octanol–water partition coefficient (Wildman–Crippen LogP) is 5.44. The number of carboxylic acids is 1. The molecular formula is C23H21F3N4O4. The Morgan fingerprint density at radius 3 is 2.32 bits per heavy atom. The van der Waals surface area contributed by atoms with E-state index < -0.39 is 23.6 Å². The number of nitrogens with zero attached hydrogens (tertiary/aromatic N) is 2. The van der Waals surface area contributed by atoms with Gasteiger partial charge in [-0.05, 0) is 67.5 Å². The number of aromatic nitrogens is 2. The quantitative estimate of drug-likeness (QED) is 0.435. The highest BCUT2D eigenvalue weighted by molar-refractivity contribution is 6.00. The van der Waals surface area contributed by atoms with Crippen LogP contribution in [0.25, 0.3) is 0 Å². The molecule has 8 nitrogen and oxygen atoms in total. The summed E-state index contributed by atoms with van der Waals surface area (Å²) in [4.78, 5) is 23.5. The van der Waals surface area contributed by atoms with Gasteiger partial charge in [0.15, 0.2) is 0 Å². The number of benzene rings is 2. The van der Waals surface area contributed by atoms with E-state index in [1.807, 2.05) is 12.1 Å². The molecule has 0 radical (unpaired) electrons. The van der Waals surface area contributed by atoms with Gasteiger partial charge in [0.2, 0.25) is 0 Å². The minimum Gasteiger partial charge on any atom is -0.481 e. The average molecular weight is 474 g/mol. The van der Waals surface area contributed by atoms with Crippen LogP contribution in [0.2, 0.25) is 0 Å². The first-order valence-electron chi connectivity index (χ1n) is 10.6. The highest BCUT2D eigenvalue weighted by atomic mass is 19.4. The number of aliphatic carboxylic acids is 1. The second-order valence-electron chi connectivity index (χ2n) is 8.08. The lowest BCUT2D eigenvalue weighted by Crippen LogP contribution is -2.20. The fourth-order valence-electron chi connectivity index (χ4n) is 3.96. The third-order valence-corrected chi connectivity index (χ3v) is 5.78. The van der Waals surface area contributed by atoms with Crippen LogP contribution in [-0.4, -0.2) is 27.2 Å². The molecule has 178 valence electrons. The molecule has 1 aliphatic rings. The van der Waals surface area contributed by atoms with Gasteiger partial charge in [-0.25, -0.2) is 0 Å². The summed E-state index contributed by atoms with van der Waals surface area (Å²) in [5, 5.41) is 21.6. The first-order chi connectivity index (χ1) is 16.2. The summed E-state index contributed by atoms with van der Waals surface area (Å²) in [6.07, 6.45) is -1.61. The van der Waals surface area contributed by atoms with Crippen molar-refractivity contribution in [3.8, 4) is 0 Å². The zero-order chi connectivity index (χ0) is 24.3. The van der Waals surface area contributed by atoms with Crippen molar-refractivity contribution >= 4 is 29.3 Å².